The molecule has 0 aliphatic rings. The number of hydrogen-bond donors (Lipinski definition) is 7. The van der Waals surface area contributed by atoms with E-state index in [9.17, 15) is 31.5 Å². The molecule has 24 heteroatoms. The largest absolute Gasteiger partial charge is 0.424 e. The van der Waals surface area contributed by atoms with Gasteiger partial charge in [0.05, 0.1) is 33.3 Å². The summed E-state index contributed by atoms with van der Waals surface area (Å²) >= 11 is 23.0. The summed E-state index contributed by atoms with van der Waals surface area (Å²) in [6, 6.07) is 25.5. The van der Waals surface area contributed by atoms with Crippen molar-refractivity contribution >= 4 is 111 Å². The Morgan fingerprint density at radius 3 is 1.23 bits per heavy atom. The number of H-pyrrole nitrogens is 3. The summed E-state index contributed by atoms with van der Waals surface area (Å²) in [5, 5.41) is 11.8. The summed E-state index contributed by atoms with van der Waals surface area (Å²) in [6.45, 7) is 25.6. The average molecular weight is 1420 g/mol. The first-order chi connectivity index (χ1) is 45.0. The fraction of sp³-hybridized carbons (Fsp3) is 0.352. The number of thiophene rings is 3. The van der Waals surface area contributed by atoms with Gasteiger partial charge >= 0.3 is 5.97 Å². The summed E-state index contributed by atoms with van der Waals surface area (Å²) in [5.74, 6) is 2.09. The van der Waals surface area contributed by atoms with E-state index in [0.29, 0.717) is 34.8 Å². The number of hydrazine groups is 2. The number of aryl methyl sites for hydroxylation is 10. The number of aromatic amines is 3. The van der Waals surface area contributed by atoms with Gasteiger partial charge in [-0.05, 0) is 197 Å². The molecule has 0 spiro atoms. The highest BCUT2D eigenvalue weighted by atomic mass is 35.5. The summed E-state index contributed by atoms with van der Waals surface area (Å²) in [5.41, 5.74) is 17.0. The minimum Gasteiger partial charge on any atom is -0.424 e. The number of amides is 1. The van der Waals surface area contributed by atoms with Crippen LogP contribution in [0.1, 0.15) is 138 Å². The summed E-state index contributed by atoms with van der Waals surface area (Å²) in [7, 11) is 0. The quantitative estimate of drug-likeness (QED) is 0.00471. The molecule has 4 aromatic carbocycles. The van der Waals surface area contributed by atoms with Crippen LogP contribution in [0.5, 0.6) is 5.75 Å². The van der Waals surface area contributed by atoms with E-state index in [-0.39, 0.29) is 11.3 Å². The highest BCUT2D eigenvalue weighted by Crippen LogP contribution is 2.45. The predicted molar refractivity (Wildman–Crippen MR) is 380 cm³/mol. The van der Waals surface area contributed by atoms with E-state index >= 15 is 0 Å². The number of halogens is 8. The zero-order valence-electron chi connectivity index (χ0n) is 55.3. The number of rotatable bonds is 19. The second-order valence-electron chi connectivity index (χ2n) is 25.2. The van der Waals surface area contributed by atoms with Crippen LogP contribution in [0, 0.1) is 70.6 Å². The molecule has 7 heterocycles. The van der Waals surface area contributed by atoms with Crippen molar-refractivity contribution in [1.82, 2.24) is 30.6 Å². The number of carbonyl (C=O) groups is 2. The Morgan fingerprint density at radius 2 is 0.874 bits per heavy atom. The molecule has 95 heavy (non-hydrogen) atoms. The number of benzene rings is 4. The van der Waals surface area contributed by atoms with Crippen LogP contribution in [-0.2, 0) is 51.5 Å². The van der Waals surface area contributed by atoms with Crippen LogP contribution in [0.3, 0.4) is 0 Å². The maximum absolute atomic E-state index is 14.1. The van der Waals surface area contributed by atoms with E-state index in [0.717, 1.165) is 96.9 Å². The van der Waals surface area contributed by atoms with Crippen LogP contribution < -0.4 is 27.7 Å². The topological polar surface area (TPSA) is 220 Å². The Morgan fingerprint density at radius 1 is 0.526 bits per heavy atom. The Labute approximate surface area is 576 Å². The van der Waals surface area contributed by atoms with Crippen LogP contribution >= 0.6 is 68.8 Å². The van der Waals surface area contributed by atoms with Gasteiger partial charge in [-0.25, -0.2) is 19.0 Å². The smallest absolute Gasteiger partial charge is 0.322 e. The molecule has 0 fully saturated rings. The fourth-order valence-corrected chi connectivity index (χ4v) is 15.6. The van der Waals surface area contributed by atoms with Gasteiger partial charge in [-0.3, -0.25) is 26.7 Å². The lowest BCUT2D eigenvalue weighted by molar-refractivity contribution is -0.140. The second-order valence-corrected chi connectivity index (χ2v) is 29.5. The maximum atomic E-state index is 14.1. The highest BCUT2D eigenvalue weighted by molar-refractivity contribution is 7.19. The Kier molecular flexibility index (Phi) is 23.8. The first-order valence-corrected chi connectivity index (χ1v) is 34.8. The normalized spacial score (nSPS) is 11.8. The van der Waals surface area contributed by atoms with Crippen molar-refractivity contribution in [1.29, 1.82) is 0 Å². The van der Waals surface area contributed by atoms with E-state index < -0.39 is 51.6 Å². The molecule has 0 radical (unpaired) electrons. The number of aromatic nitrogens is 5. The van der Waals surface area contributed by atoms with E-state index in [2.05, 4.69) is 145 Å². The van der Waals surface area contributed by atoms with Gasteiger partial charge in [-0.1, -0.05) is 64.9 Å². The molecule has 0 aliphatic heterocycles. The van der Waals surface area contributed by atoms with Gasteiger partial charge in [0.2, 0.25) is 52.5 Å². The molecule has 0 unspecified atom stereocenters. The van der Waals surface area contributed by atoms with Crippen LogP contribution in [-0.4, -0.2) is 54.7 Å². The van der Waals surface area contributed by atoms with Crippen LogP contribution in [0.4, 0.5) is 22.0 Å². The minimum atomic E-state index is -2.33. The Balaban J connectivity index is 0.000000182. The van der Waals surface area contributed by atoms with Gasteiger partial charge < -0.3 is 24.1 Å². The number of hydrogen-bond acceptors (Lipinski definition) is 12. The van der Waals surface area contributed by atoms with Crippen molar-refractivity contribution < 1.29 is 40.7 Å². The number of fused-ring (bicyclic) bond motifs is 3. The van der Waals surface area contributed by atoms with Crippen molar-refractivity contribution in [3.05, 3.63) is 178 Å². The van der Waals surface area contributed by atoms with Crippen molar-refractivity contribution in [3.63, 3.8) is 0 Å². The van der Waals surface area contributed by atoms with Gasteiger partial charge in [0.25, 0.3) is 0 Å². The number of esters is 1. The van der Waals surface area contributed by atoms with Crippen molar-refractivity contribution in [2.24, 2.45) is 17.5 Å². The third-order valence-corrected chi connectivity index (χ3v) is 21.2. The number of nitrogens with two attached hydrogens (primary N) is 3. The molecule has 11 rings (SSSR count). The average Bonchev–Trinajstić information content (AvgIpc) is 1.64. The van der Waals surface area contributed by atoms with Gasteiger partial charge in [0.15, 0.2) is 0 Å². The van der Waals surface area contributed by atoms with Crippen LogP contribution in [0.25, 0.3) is 64.4 Å². The number of ether oxygens (including phenoxy) is 1. The van der Waals surface area contributed by atoms with Crippen LogP contribution in [0.2, 0.25) is 0 Å². The summed E-state index contributed by atoms with van der Waals surface area (Å²) in [6.07, 6.45) is 5.14. The molecular weight excluding hydrogens is 1340 g/mol. The molecule has 0 saturated carbocycles. The van der Waals surface area contributed by atoms with Crippen molar-refractivity contribution in [3.8, 4) is 39.5 Å². The van der Waals surface area contributed by atoms with E-state index in [1.54, 1.807) is 28.7 Å². The monoisotopic (exact) mass is 1420 g/mol. The van der Waals surface area contributed by atoms with Gasteiger partial charge in [-0.15, -0.1) is 79.0 Å². The molecule has 0 atom stereocenters. The van der Waals surface area contributed by atoms with Gasteiger partial charge in [0.1, 0.15) is 14.5 Å². The molecule has 10 N–H and O–H groups in total. The van der Waals surface area contributed by atoms with E-state index in [1.807, 2.05) is 39.8 Å². The maximum Gasteiger partial charge on any atom is 0.322 e. The Hall–Kier alpha value is -6.92. The molecule has 11 aromatic rings. The first kappa shape index (κ1) is 73.9. The molecule has 7 aromatic heterocycles. The first-order valence-electron chi connectivity index (χ1n) is 30.8. The number of alkyl halides is 3. The molecule has 506 valence electrons. The molecule has 0 saturated heterocycles. The third kappa shape index (κ3) is 15.6. The van der Waals surface area contributed by atoms with Crippen LogP contribution in [0.15, 0.2) is 77.2 Å². The lowest BCUT2D eigenvalue weighted by Gasteiger charge is -2.21. The zero-order valence-corrected chi connectivity index (χ0v) is 60.0. The lowest BCUT2D eigenvalue weighted by Crippen LogP contribution is -2.43. The predicted octanol–water partition coefficient (Wildman–Crippen LogP) is 18.6. The number of carbonyl (C=O) groups excluding carboxylic acids is 2. The fourth-order valence-electron chi connectivity index (χ4n) is 11.5. The highest BCUT2D eigenvalue weighted by Gasteiger charge is 2.39. The molecule has 0 bridgehead atoms. The van der Waals surface area contributed by atoms with Gasteiger partial charge in [0, 0.05) is 54.9 Å². The van der Waals surface area contributed by atoms with E-state index in [1.165, 1.54) is 90.5 Å². The molecule has 13 nitrogen and oxygen atoms in total. The zero-order chi connectivity index (χ0) is 69.8. The van der Waals surface area contributed by atoms with E-state index in [4.69, 9.17) is 49.8 Å². The van der Waals surface area contributed by atoms with Crippen molar-refractivity contribution in [2.75, 3.05) is 17.6 Å². The van der Waals surface area contributed by atoms with Gasteiger partial charge in [-0.2, -0.15) is 8.78 Å². The molecular formula is C71H79Cl3F5N9O4S3. The molecule has 0 aliphatic carbocycles. The summed E-state index contributed by atoms with van der Waals surface area (Å²) < 4.78 is 79.3. The lowest BCUT2D eigenvalue weighted by atomic mass is 9.90. The molecule has 1 amide bonds. The number of nitrogens with zero attached hydrogens (tertiary/aromatic N) is 2. The third-order valence-electron chi connectivity index (χ3n) is 16.5. The second kappa shape index (κ2) is 30.7. The number of nitrogens with one attached hydrogen (secondary N) is 4. The summed E-state index contributed by atoms with van der Waals surface area (Å²) in [4.78, 5) is 41.3. The van der Waals surface area contributed by atoms with Crippen molar-refractivity contribution in [2.45, 2.75) is 145 Å². The Bertz CT molecular complexity index is 4510. The standard InChI is InChI=1S/C26H21ClF5NO2S.C25H30ClN3OS.C20H24ClN3OS.H4N2/c1-11-7-12(2)9-13(8-11)22-14(5-6-27)15-10-16(36-24(15)33-22)26(3,4)25(34)35-23-20(31)18(29)17(28)19(30)21(23)32;1-6-7-8-21-28-29-24(30-21)25(4,5)20-14-19-18(9-10-26)22(27-23(19)31-20)17-12-15(2)11-16(3)13-17;1-11-7-12(2)9-13(8-11)17-14(5-6-21)15-10-16(26-18(15)23-17)20(3,4)19(25)24-22;1-2/h7-10,33H,5-6H2,1-4H3;11-14,27H,6-10H2,1-5H3;7-10,23H,5-6,22H2,1-4H3,(H,24,25);1-2H2. The number of unbranched alkanes of at least 4 members (excludes halogenated alkanes) is 1. The SMILES string of the molecule is CCCCc1nnc(C(C)(C)c2cc3c(CCCl)c(-c4cc(C)cc(C)c4)[nH]c3s2)o1.Cc1cc(C)cc(-c2[nH]c3sc(C(C)(C)C(=O)NN)cc3c2CCCl)c1.Cc1cc(C)cc(-c2[nH]c3sc(C(C)(C)C(=O)Oc4c(F)c(F)c(F)c(F)c4F)cc3c2CCCl)c1.NN. The minimum absolute atomic E-state index is 0.199.